The zero-order chi connectivity index (χ0) is 12.3. The van der Waals surface area contributed by atoms with Crippen molar-refractivity contribution in [3.05, 3.63) is 23.3 Å². The van der Waals surface area contributed by atoms with E-state index in [1.807, 2.05) is 27.7 Å². The molecule has 0 nitrogen and oxygen atoms in total. The van der Waals surface area contributed by atoms with Crippen molar-refractivity contribution in [3.8, 4) is 0 Å². The molecule has 0 aromatic heterocycles. The molecular formula is C14H29P. The van der Waals surface area contributed by atoms with Crippen LogP contribution in [-0.2, 0) is 0 Å². The van der Waals surface area contributed by atoms with Crippen molar-refractivity contribution in [2.24, 2.45) is 0 Å². The minimum atomic E-state index is 0.810. The van der Waals surface area contributed by atoms with Gasteiger partial charge in [-0.25, -0.2) is 0 Å². The largest absolute Gasteiger partial charge is 0.134 e. The zero-order valence-electron chi connectivity index (χ0n) is 11.4. The van der Waals surface area contributed by atoms with Gasteiger partial charge in [-0.2, -0.15) is 0 Å². The van der Waals surface area contributed by atoms with Gasteiger partial charge in [0.05, 0.1) is 0 Å². The van der Waals surface area contributed by atoms with Gasteiger partial charge < -0.3 is 0 Å². The molecular weight excluding hydrogens is 199 g/mol. The van der Waals surface area contributed by atoms with Gasteiger partial charge >= 0.3 is 0 Å². The Hall–Kier alpha value is -0.0900. The first kappa shape index (κ1) is 17.3. The molecule has 1 fully saturated rings. The first-order valence-corrected chi connectivity index (χ1v) is 7.01. The van der Waals surface area contributed by atoms with E-state index in [-0.39, 0.29) is 0 Å². The van der Waals surface area contributed by atoms with Crippen LogP contribution < -0.4 is 0 Å². The summed E-state index contributed by atoms with van der Waals surface area (Å²) in [6.45, 7) is 12.3. The normalized spacial score (nSPS) is 25.1. The van der Waals surface area contributed by atoms with Crippen molar-refractivity contribution in [1.29, 1.82) is 0 Å². The molecule has 0 aromatic carbocycles. The van der Waals surface area contributed by atoms with Crippen LogP contribution >= 0.6 is 9.24 Å². The Morgan fingerprint density at radius 1 is 1.00 bits per heavy atom. The van der Waals surface area contributed by atoms with Gasteiger partial charge in [0, 0.05) is 0 Å². The van der Waals surface area contributed by atoms with Crippen molar-refractivity contribution in [2.45, 2.75) is 66.5 Å². The fraction of sp³-hybridized carbons (Fsp3) is 0.714. The molecule has 0 saturated heterocycles. The van der Waals surface area contributed by atoms with E-state index >= 15 is 0 Å². The topological polar surface area (TPSA) is 0 Å². The Bertz CT molecular complexity index is 190. The van der Waals surface area contributed by atoms with Gasteiger partial charge in [-0.05, 0) is 49.9 Å². The molecule has 0 amide bonds. The Morgan fingerprint density at radius 3 is 1.87 bits per heavy atom. The van der Waals surface area contributed by atoms with Gasteiger partial charge in [0.2, 0.25) is 0 Å². The second-order valence-corrected chi connectivity index (χ2v) is 4.07. The third kappa shape index (κ3) is 6.90. The lowest BCUT2D eigenvalue weighted by atomic mass is 9.89. The highest BCUT2D eigenvalue weighted by Gasteiger charge is 2.15. The Labute approximate surface area is 99.4 Å². The highest BCUT2D eigenvalue weighted by molar-refractivity contribution is 7.17. The molecule has 1 aliphatic rings. The maximum Gasteiger partial charge on any atom is -0.0216 e. The van der Waals surface area contributed by atoms with E-state index in [1.165, 1.54) is 19.3 Å². The van der Waals surface area contributed by atoms with Crippen LogP contribution in [0.2, 0.25) is 0 Å². The first-order chi connectivity index (χ1) is 7.27. The van der Waals surface area contributed by atoms with Crippen LogP contribution in [0.3, 0.4) is 0 Å². The molecule has 0 radical (unpaired) electrons. The molecule has 1 heteroatoms. The van der Waals surface area contributed by atoms with E-state index in [2.05, 4.69) is 35.2 Å². The van der Waals surface area contributed by atoms with Gasteiger partial charge in [0.25, 0.3) is 0 Å². The van der Waals surface area contributed by atoms with Crippen LogP contribution in [0, 0.1) is 0 Å². The molecule has 0 heterocycles. The standard InChI is InChI=1S/C10H17P.2C2H6/c1-3-8-5-6-10(11)7-9(8)4-2;2*1-2/h3-4,10H,5-7,11H2,1-2H3;2*1-2H3/b8-3-,9-4-;;. The van der Waals surface area contributed by atoms with E-state index in [1.54, 1.807) is 11.1 Å². The van der Waals surface area contributed by atoms with Gasteiger partial charge in [0.1, 0.15) is 0 Å². The lowest BCUT2D eigenvalue weighted by molar-refractivity contribution is 0.694. The van der Waals surface area contributed by atoms with E-state index in [4.69, 9.17) is 0 Å². The molecule has 2 unspecified atom stereocenters. The predicted molar refractivity (Wildman–Crippen MR) is 77.6 cm³/mol. The maximum absolute atomic E-state index is 2.93. The van der Waals surface area contributed by atoms with Crippen LogP contribution in [0.15, 0.2) is 23.3 Å². The average Bonchev–Trinajstić information content (AvgIpc) is 2.34. The lowest BCUT2D eigenvalue weighted by Crippen LogP contribution is -2.09. The molecule has 2 atom stereocenters. The minimum Gasteiger partial charge on any atom is -0.134 e. The molecule has 0 aromatic rings. The van der Waals surface area contributed by atoms with E-state index in [0.717, 1.165) is 5.66 Å². The summed E-state index contributed by atoms with van der Waals surface area (Å²) in [5.74, 6) is 0. The van der Waals surface area contributed by atoms with Crippen molar-refractivity contribution in [2.75, 3.05) is 0 Å². The van der Waals surface area contributed by atoms with Crippen LogP contribution in [0.1, 0.15) is 60.8 Å². The fourth-order valence-electron chi connectivity index (χ4n) is 1.65. The SMILES string of the molecule is C/C=C1/CCC(P)C/C1=C/C.CC.CC. The van der Waals surface area contributed by atoms with Crippen LogP contribution in [0.5, 0.6) is 0 Å². The zero-order valence-corrected chi connectivity index (χ0v) is 12.6. The maximum atomic E-state index is 2.93. The molecule has 1 rings (SSSR count). The Kier molecular flexibility index (Phi) is 13.8. The van der Waals surface area contributed by atoms with E-state index in [0.29, 0.717) is 0 Å². The third-order valence-electron chi connectivity index (χ3n) is 2.38. The van der Waals surface area contributed by atoms with Gasteiger partial charge in [-0.15, -0.1) is 9.24 Å². The van der Waals surface area contributed by atoms with Crippen molar-refractivity contribution >= 4 is 9.24 Å². The lowest BCUT2D eigenvalue weighted by Gasteiger charge is -2.23. The average molecular weight is 228 g/mol. The summed E-state index contributed by atoms with van der Waals surface area (Å²) in [4.78, 5) is 0. The van der Waals surface area contributed by atoms with E-state index in [9.17, 15) is 0 Å². The Morgan fingerprint density at radius 2 is 1.47 bits per heavy atom. The summed E-state index contributed by atoms with van der Waals surface area (Å²) in [7, 11) is 2.93. The van der Waals surface area contributed by atoms with Gasteiger partial charge in [-0.3, -0.25) is 0 Å². The van der Waals surface area contributed by atoms with Crippen LogP contribution in [-0.4, -0.2) is 5.66 Å². The Balaban J connectivity index is 0. The number of rotatable bonds is 0. The summed E-state index contributed by atoms with van der Waals surface area (Å²) in [6, 6.07) is 0. The second-order valence-electron chi connectivity index (χ2n) is 3.13. The summed E-state index contributed by atoms with van der Waals surface area (Å²) in [5.41, 5.74) is 3.93. The highest BCUT2D eigenvalue weighted by Crippen LogP contribution is 2.32. The van der Waals surface area contributed by atoms with Crippen LogP contribution in [0.25, 0.3) is 0 Å². The molecule has 0 aliphatic heterocycles. The number of hydrogen-bond donors (Lipinski definition) is 0. The number of hydrogen-bond acceptors (Lipinski definition) is 0. The molecule has 15 heavy (non-hydrogen) atoms. The summed E-state index contributed by atoms with van der Waals surface area (Å²) < 4.78 is 0. The quantitative estimate of drug-likeness (QED) is 0.490. The van der Waals surface area contributed by atoms with Crippen molar-refractivity contribution in [1.82, 2.24) is 0 Å². The highest BCUT2D eigenvalue weighted by atomic mass is 31.0. The molecule has 1 saturated carbocycles. The summed E-state index contributed by atoms with van der Waals surface area (Å²) >= 11 is 0. The van der Waals surface area contributed by atoms with Gasteiger partial charge in [0.15, 0.2) is 0 Å². The molecule has 1 aliphatic carbocycles. The summed E-state index contributed by atoms with van der Waals surface area (Å²) in [6.07, 6.45) is 8.37. The number of allylic oxidation sites excluding steroid dienone is 4. The molecule has 0 N–H and O–H groups in total. The fourth-order valence-corrected chi connectivity index (χ4v) is 2.07. The predicted octanol–water partition coefficient (Wildman–Crippen LogP) is 5.36. The monoisotopic (exact) mass is 228 g/mol. The second kappa shape index (κ2) is 12.0. The smallest absolute Gasteiger partial charge is 0.0216 e. The van der Waals surface area contributed by atoms with Crippen molar-refractivity contribution in [3.63, 3.8) is 0 Å². The molecule has 0 bridgehead atoms. The van der Waals surface area contributed by atoms with Crippen LogP contribution in [0.4, 0.5) is 0 Å². The summed E-state index contributed by atoms with van der Waals surface area (Å²) in [5, 5.41) is 0. The van der Waals surface area contributed by atoms with E-state index < -0.39 is 0 Å². The third-order valence-corrected chi connectivity index (χ3v) is 2.94. The molecule has 0 spiro atoms. The van der Waals surface area contributed by atoms with Gasteiger partial charge in [-0.1, -0.05) is 39.8 Å². The molecule has 90 valence electrons. The first-order valence-electron chi connectivity index (χ1n) is 6.34. The minimum absolute atomic E-state index is 0.810. The van der Waals surface area contributed by atoms with Crippen molar-refractivity contribution < 1.29 is 0 Å².